The van der Waals surface area contributed by atoms with Gasteiger partial charge in [-0.25, -0.2) is 4.98 Å². The molecule has 1 amide bonds. The number of halogens is 3. The molecular formula is C20H17F3N4O. The molecule has 2 aromatic carbocycles. The van der Waals surface area contributed by atoms with E-state index >= 15 is 0 Å². The molecule has 0 atom stereocenters. The fourth-order valence-corrected chi connectivity index (χ4v) is 2.82. The van der Waals surface area contributed by atoms with E-state index in [1.54, 1.807) is 31.2 Å². The molecule has 0 radical (unpaired) electrons. The first-order valence-electron chi connectivity index (χ1n) is 8.26. The van der Waals surface area contributed by atoms with Crippen molar-refractivity contribution in [2.45, 2.75) is 13.1 Å². The number of pyridine rings is 1. The molecule has 5 N–H and O–H groups in total. The number of amides is 1. The molecule has 0 saturated heterocycles. The number of hydrogen-bond acceptors (Lipinski definition) is 4. The van der Waals surface area contributed by atoms with Crippen LogP contribution in [0.3, 0.4) is 0 Å². The Labute approximate surface area is 159 Å². The molecule has 0 spiro atoms. The predicted molar refractivity (Wildman–Crippen MR) is 103 cm³/mol. The van der Waals surface area contributed by atoms with Gasteiger partial charge in [0, 0.05) is 16.8 Å². The number of anilines is 3. The van der Waals surface area contributed by atoms with Gasteiger partial charge >= 0.3 is 6.18 Å². The van der Waals surface area contributed by atoms with Gasteiger partial charge in [-0.2, -0.15) is 13.2 Å². The molecule has 0 bridgehead atoms. The van der Waals surface area contributed by atoms with Gasteiger partial charge in [-0.05, 0) is 36.2 Å². The summed E-state index contributed by atoms with van der Waals surface area (Å²) in [6.45, 7) is 1.74. The van der Waals surface area contributed by atoms with Crippen LogP contribution in [-0.2, 0) is 6.18 Å². The SMILES string of the molecule is Cc1cc(-c2ccccc2N)ccc1C(=O)Nc1cnc(N)c(C(F)(F)F)c1. The number of carbonyl (C=O) groups excluding carboxylic acids is 1. The van der Waals surface area contributed by atoms with Crippen LogP contribution in [0.5, 0.6) is 0 Å². The zero-order valence-corrected chi connectivity index (χ0v) is 14.8. The molecule has 3 aromatic rings. The zero-order chi connectivity index (χ0) is 20.5. The summed E-state index contributed by atoms with van der Waals surface area (Å²) in [5, 5.41) is 2.43. The van der Waals surface area contributed by atoms with E-state index in [2.05, 4.69) is 10.3 Å². The summed E-state index contributed by atoms with van der Waals surface area (Å²) >= 11 is 0. The molecule has 3 rings (SSSR count). The number of nitrogens with two attached hydrogens (primary N) is 2. The molecule has 0 saturated carbocycles. The summed E-state index contributed by atoms with van der Waals surface area (Å²) in [5.41, 5.74) is 13.3. The van der Waals surface area contributed by atoms with E-state index in [0.717, 1.165) is 23.4 Å². The van der Waals surface area contributed by atoms with Crippen molar-refractivity contribution in [3.8, 4) is 11.1 Å². The maximum absolute atomic E-state index is 12.9. The lowest BCUT2D eigenvalue weighted by Crippen LogP contribution is -2.16. The third-order valence-corrected chi connectivity index (χ3v) is 4.22. The summed E-state index contributed by atoms with van der Waals surface area (Å²) in [5.74, 6) is -1.20. The Morgan fingerprint density at radius 3 is 2.43 bits per heavy atom. The first-order valence-corrected chi connectivity index (χ1v) is 8.26. The number of para-hydroxylation sites is 1. The van der Waals surface area contributed by atoms with E-state index in [9.17, 15) is 18.0 Å². The van der Waals surface area contributed by atoms with Gasteiger partial charge < -0.3 is 16.8 Å². The molecular weight excluding hydrogens is 369 g/mol. The number of rotatable bonds is 3. The predicted octanol–water partition coefficient (Wildman–Crippen LogP) is 4.49. The van der Waals surface area contributed by atoms with Crippen LogP contribution in [0.25, 0.3) is 11.1 Å². The summed E-state index contributed by atoms with van der Waals surface area (Å²) in [6.07, 6.45) is -3.58. The first-order chi connectivity index (χ1) is 13.2. The zero-order valence-electron chi connectivity index (χ0n) is 14.8. The van der Waals surface area contributed by atoms with Crippen molar-refractivity contribution in [2.24, 2.45) is 0 Å². The number of alkyl halides is 3. The summed E-state index contributed by atoms with van der Waals surface area (Å²) in [6, 6.07) is 13.2. The van der Waals surface area contributed by atoms with Gasteiger partial charge in [0.2, 0.25) is 0 Å². The second-order valence-electron chi connectivity index (χ2n) is 6.23. The lowest BCUT2D eigenvalue weighted by atomic mass is 9.98. The summed E-state index contributed by atoms with van der Waals surface area (Å²) in [4.78, 5) is 16.0. The number of nitrogen functional groups attached to an aromatic ring is 2. The minimum atomic E-state index is -4.66. The molecule has 144 valence electrons. The number of carbonyl (C=O) groups is 1. The van der Waals surface area contributed by atoms with Gasteiger partial charge in [0.05, 0.1) is 17.4 Å². The normalized spacial score (nSPS) is 11.3. The van der Waals surface area contributed by atoms with Crippen LogP contribution < -0.4 is 16.8 Å². The van der Waals surface area contributed by atoms with Crippen LogP contribution in [0.15, 0.2) is 54.7 Å². The number of aryl methyl sites for hydroxylation is 1. The highest BCUT2D eigenvalue weighted by Crippen LogP contribution is 2.34. The molecule has 1 aromatic heterocycles. The van der Waals surface area contributed by atoms with Gasteiger partial charge in [0.1, 0.15) is 5.82 Å². The van der Waals surface area contributed by atoms with Crippen molar-refractivity contribution in [3.63, 3.8) is 0 Å². The van der Waals surface area contributed by atoms with Crippen LogP contribution in [-0.4, -0.2) is 10.9 Å². The Bertz CT molecular complexity index is 1050. The largest absolute Gasteiger partial charge is 0.420 e. The number of benzene rings is 2. The molecule has 8 heteroatoms. The lowest BCUT2D eigenvalue weighted by Gasteiger charge is -2.13. The maximum atomic E-state index is 12.9. The average molecular weight is 386 g/mol. The van der Waals surface area contributed by atoms with Crippen molar-refractivity contribution in [2.75, 3.05) is 16.8 Å². The minimum Gasteiger partial charge on any atom is -0.398 e. The molecule has 5 nitrogen and oxygen atoms in total. The Balaban J connectivity index is 1.87. The average Bonchev–Trinajstić information content (AvgIpc) is 2.62. The van der Waals surface area contributed by atoms with Crippen molar-refractivity contribution in [1.29, 1.82) is 0 Å². The Kier molecular flexibility index (Phi) is 4.96. The van der Waals surface area contributed by atoms with Gasteiger partial charge in [-0.3, -0.25) is 4.79 Å². The molecule has 0 aliphatic rings. The molecule has 1 heterocycles. The summed E-state index contributed by atoms with van der Waals surface area (Å²) in [7, 11) is 0. The van der Waals surface area contributed by atoms with Crippen molar-refractivity contribution >= 4 is 23.1 Å². The van der Waals surface area contributed by atoms with Crippen molar-refractivity contribution < 1.29 is 18.0 Å². The Morgan fingerprint density at radius 2 is 1.79 bits per heavy atom. The Morgan fingerprint density at radius 1 is 1.07 bits per heavy atom. The van der Waals surface area contributed by atoms with Gasteiger partial charge in [0.25, 0.3) is 5.91 Å². The number of aromatic nitrogens is 1. The second-order valence-corrected chi connectivity index (χ2v) is 6.23. The second kappa shape index (κ2) is 7.22. The van der Waals surface area contributed by atoms with Crippen molar-refractivity contribution in [1.82, 2.24) is 4.98 Å². The molecule has 28 heavy (non-hydrogen) atoms. The highest BCUT2D eigenvalue weighted by molar-refractivity contribution is 6.05. The molecule has 0 fully saturated rings. The van der Waals surface area contributed by atoms with E-state index in [0.29, 0.717) is 16.8 Å². The number of hydrogen-bond donors (Lipinski definition) is 3. The maximum Gasteiger partial charge on any atom is 0.420 e. The van der Waals surface area contributed by atoms with Crippen LogP contribution in [0.4, 0.5) is 30.4 Å². The monoisotopic (exact) mass is 386 g/mol. The molecule has 0 unspecified atom stereocenters. The standard InChI is InChI=1S/C20H17F3N4O/c1-11-8-12(15-4-2-3-5-17(15)24)6-7-14(11)19(28)27-13-9-16(20(21,22)23)18(25)26-10-13/h2-10H,24H2,1H3,(H2,25,26)(H,27,28). The number of nitrogens with zero attached hydrogens (tertiary/aromatic N) is 1. The van der Waals surface area contributed by atoms with Crippen LogP contribution in [0, 0.1) is 6.92 Å². The fraction of sp³-hybridized carbons (Fsp3) is 0.100. The first kappa shape index (κ1) is 19.2. The van der Waals surface area contributed by atoms with Gasteiger partial charge in [0.15, 0.2) is 0 Å². The topological polar surface area (TPSA) is 94.0 Å². The van der Waals surface area contributed by atoms with Crippen LogP contribution >= 0.6 is 0 Å². The third kappa shape index (κ3) is 3.90. The molecule has 0 aliphatic heterocycles. The summed E-state index contributed by atoms with van der Waals surface area (Å²) < 4.78 is 38.8. The van der Waals surface area contributed by atoms with E-state index < -0.39 is 23.5 Å². The van der Waals surface area contributed by atoms with Crippen LogP contribution in [0.1, 0.15) is 21.5 Å². The van der Waals surface area contributed by atoms with E-state index in [1.807, 2.05) is 18.2 Å². The van der Waals surface area contributed by atoms with E-state index in [4.69, 9.17) is 11.5 Å². The Hall–Kier alpha value is -3.55. The van der Waals surface area contributed by atoms with Crippen molar-refractivity contribution in [3.05, 3.63) is 71.4 Å². The van der Waals surface area contributed by atoms with Gasteiger partial charge in [-0.1, -0.05) is 30.3 Å². The number of nitrogens with one attached hydrogen (secondary N) is 1. The van der Waals surface area contributed by atoms with E-state index in [-0.39, 0.29) is 5.69 Å². The fourth-order valence-electron chi connectivity index (χ4n) is 2.82. The lowest BCUT2D eigenvalue weighted by molar-refractivity contribution is -0.137. The minimum absolute atomic E-state index is 0.0951. The third-order valence-electron chi connectivity index (χ3n) is 4.22. The highest BCUT2D eigenvalue weighted by Gasteiger charge is 2.34. The van der Waals surface area contributed by atoms with Gasteiger partial charge in [-0.15, -0.1) is 0 Å². The van der Waals surface area contributed by atoms with Crippen LogP contribution in [0.2, 0.25) is 0 Å². The smallest absolute Gasteiger partial charge is 0.398 e. The van der Waals surface area contributed by atoms with E-state index in [1.165, 1.54) is 0 Å². The quantitative estimate of drug-likeness (QED) is 0.578. The molecule has 0 aliphatic carbocycles. The highest BCUT2D eigenvalue weighted by atomic mass is 19.4.